The van der Waals surface area contributed by atoms with Crippen LogP contribution in [-0.2, 0) is 4.74 Å². The van der Waals surface area contributed by atoms with Crippen LogP contribution in [0.25, 0.3) is 0 Å². The highest BCUT2D eigenvalue weighted by Crippen LogP contribution is 2.36. The van der Waals surface area contributed by atoms with Gasteiger partial charge >= 0.3 is 0 Å². The van der Waals surface area contributed by atoms with Crippen LogP contribution in [0.5, 0.6) is 0 Å². The summed E-state index contributed by atoms with van der Waals surface area (Å²) in [6.07, 6.45) is 5.29. The predicted molar refractivity (Wildman–Crippen MR) is 44.6 cm³/mol. The summed E-state index contributed by atoms with van der Waals surface area (Å²) in [6.45, 7) is 3.24. The Morgan fingerprint density at radius 2 is 1.91 bits per heavy atom. The van der Waals surface area contributed by atoms with E-state index in [1.54, 1.807) is 0 Å². The molecule has 0 unspecified atom stereocenters. The lowest BCUT2D eigenvalue weighted by atomic mass is 9.88. The van der Waals surface area contributed by atoms with Gasteiger partial charge in [0.15, 0.2) is 0 Å². The lowest BCUT2D eigenvalue weighted by Gasteiger charge is -2.39. The van der Waals surface area contributed by atoms with Crippen LogP contribution in [0, 0.1) is 0 Å². The molecule has 2 fully saturated rings. The van der Waals surface area contributed by atoms with Gasteiger partial charge in [0.05, 0.1) is 0 Å². The summed E-state index contributed by atoms with van der Waals surface area (Å²) in [4.78, 5) is 2.54. The van der Waals surface area contributed by atoms with E-state index in [9.17, 15) is 0 Å². The van der Waals surface area contributed by atoms with Crippen LogP contribution in [0.2, 0.25) is 0 Å². The van der Waals surface area contributed by atoms with E-state index in [0.29, 0.717) is 5.54 Å². The summed E-state index contributed by atoms with van der Waals surface area (Å²) in [6, 6.07) is 0. The van der Waals surface area contributed by atoms with Crippen LogP contribution >= 0.6 is 0 Å². The molecule has 0 amide bonds. The van der Waals surface area contributed by atoms with Crippen molar-refractivity contribution < 1.29 is 4.74 Å². The number of rotatable bonds is 0. The highest BCUT2D eigenvalue weighted by atomic mass is 16.5. The highest BCUT2D eigenvalue weighted by Gasteiger charge is 2.39. The van der Waals surface area contributed by atoms with E-state index in [1.165, 1.54) is 32.2 Å². The molecule has 11 heavy (non-hydrogen) atoms. The van der Waals surface area contributed by atoms with E-state index >= 15 is 0 Å². The van der Waals surface area contributed by atoms with E-state index in [4.69, 9.17) is 4.74 Å². The molecule has 0 radical (unpaired) electrons. The van der Waals surface area contributed by atoms with E-state index in [-0.39, 0.29) is 0 Å². The first kappa shape index (κ1) is 7.56. The molecule has 2 heteroatoms. The molecular weight excluding hydrogens is 138 g/mol. The molecule has 64 valence electrons. The number of ether oxygens (including phenoxy) is 1. The third-order valence-electron chi connectivity index (χ3n) is 3.37. The zero-order valence-electron chi connectivity index (χ0n) is 7.31. The highest BCUT2D eigenvalue weighted by molar-refractivity contribution is 4.95. The summed E-state index contributed by atoms with van der Waals surface area (Å²) in [5, 5.41) is 0. The van der Waals surface area contributed by atoms with Gasteiger partial charge in [-0.25, -0.2) is 0 Å². The minimum absolute atomic E-state index is 0.540. The predicted octanol–water partition coefficient (Wildman–Crippen LogP) is 1.26. The fourth-order valence-corrected chi connectivity index (χ4v) is 2.46. The second kappa shape index (κ2) is 2.76. The molecule has 2 aliphatic heterocycles. The van der Waals surface area contributed by atoms with Gasteiger partial charge in [-0.1, -0.05) is 0 Å². The SMILES string of the molecule is CN1CCCC12CCOCC2. The fourth-order valence-electron chi connectivity index (χ4n) is 2.46. The fraction of sp³-hybridized carbons (Fsp3) is 1.00. The normalized spacial score (nSPS) is 31.4. The van der Waals surface area contributed by atoms with Crippen molar-refractivity contribution in [1.82, 2.24) is 4.90 Å². The molecule has 2 heterocycles. The van der Waals surface area contributed by atoms with Gasteiger partial charge in [0.2, 0.25) is 0 Å². The van der Waals surface area contributed by atoms with Crippen molar-refractivity contribution >= 4 is 0 Å². The lowest BCUT2D eigenvalue weighted by Crippen LogP contribution is -2.45. The number of hydrogen-bond donors (Lipinski definition) is 0. The number of likely N-dealkylation sites (tertiary alicyclic amines) is 1. The van der Waals surface area contributed by atoms with E-state index < -0.39 is 0 Å². The standard InChI is InChI=1S/C9H17NO/c1-10-6-2-3-9(10)4-7-11-8-5-9/h2-8H2,1H3. The van der Waals surface area contributed by atoms with Crippen LogP contribution in [0.4, 0.5) is 0 Å². The number of hydrogen-bond acceptors (Lipinski definition) is 2. The number of nitrogens with zero attached hydrogens (tertiary/aromatic N) is 1. The Balaban J connectivity index is 2.06. The third kappa shape index (κ3) is 1.18. The molecule has 0 N–H and O–H groups in total. The summed E-state index contributed by atoms with van der Waals surface area (Å²) < 4.78 is 5.38. The Morgan fingerprint density at radius 1 is 1.18 bits per heavy atom. The second-order valence-corrected chi connectivity index (χ2v) is 3.86. The van der Waals surface area contributed by atoms with Crippen molar-refractivity contribution in [2.75, 3.05) is 26.8 Å². The molecule has 0 bridgehead atoms. The maximum atomic E-state index is 5.38. The van der Waals surface area contributed by atoms with Crippen LogP contribution < -0.4 is 0 Å². The van der Waals surface area contributed by atoms with Crippen molar-refractivity contribution in [3.05, 3.63) is 0 Å². The minimum atomic E-state index is 0.540. The van der Waals surface area contributed by atoms with Crippen LogP contribution in [0.15, 0.2) is 0 Å². The molecule has 0 atom stereocenters. The van der Waals surface area contributed by atoms with E-state index in [0.717, 1.165) is 13.2 Å². The van der Waals surface area contributed by atoms with Gasteiger partial charge < -0.3 is 9.64 Å². The molecule has 2 rings (SSSR count). The van der Waals surface area contributed by atoms with Crippen molar-refractivity contribution in [3.63, 3.8) is 0 Å². The molecule has 0 aromatic heterocycles. The maximum absolute atomic E-state index is 5.38. The summed E-state index contributed by atoms with van der Waals surface area (Å²) in [5.74, 6) is 0. The summed E-state index contributed by atoms with van der Waals surface area (Å²) >= 11 is 0. The van der Waals surface area contributed by atoms with Gasteiger partial charge in [-0.05, 0) is 39.3 Å². The van der Waals surface area contributed by atoms with E-state index in [2.05, 4.69) is 11.9 Å². The Bertz CT molecular complexity index is 140. The Labute approximate surface area is 68.5 Å². The molecule has 0 aromatic carbocycles. The van der Waals surface area contributed by atoms with Crippen molar-refractivity contribution in [1.29, 1.82) is 0 Å². The zero-order valence-corrected chi connectivity index (χ0v) is 7.31. The molecule has 0 aromatic rings. The molecule has 1 spiro atoms. The molecule has 0 saturated carbocycles. The Hall–Kier alpha value is -0.0800. The topological polar surface area (TPSA) is 12.5 Å². The lowest BCUT2D eigenvalue weighted by molar-refractivity contribution is 0.00189. The van der Waals surface area contributed by atoms with Crippen molar-refractivity contribution in [2.24, 2.45) is 0 Å². The van der Waals surface area contributed by atoms with Gasteiger partial charge in [-0.3, -0.25) is 0 Å². The summed E-state index contributed by atoms with van der Waals surface area (Å²) in [5.41, 5.74) is 0.540. The molecule has 2 saturated heterocycles. The van der Waals surface area contributed by atoms with Crippen molar-refractivity contribution in [2.45, 2.75) is 31.2 Å². The van der Waals surface area contributed by atoms with Crippen LogP contribution in [0.3, 0.4) is 0 Å². The monoisotopic (exact) mass is 155 g/mol. The quantitative estimate of drug-likeness (QED) is 0.522. The smallest absolute Gasteiger partial charge is 0.0483 e. The minimum Gasteiger partial charge on any atom is -0.381 e. The molecule has 0 aliphatic carbocycles. The van der Waals surface area contributed by atoms with Gasteiger partial charge in [-0.2, -0.15) is 0 Å². The largest absolute Gasteiger partial charge is 0.381 e. The third-order valence-corrected chi connectivity index (χ3v) is 3.37. The maximum Gasteiger partial charge on any atom is 0.0483 e. The average Bonchev–Trinajstić information content (AvgIpc) is 2.36. The Kier molecular flexibility index (Phi) is 1.90. The summed E-state index contributed by atoms with van der Waals surface area (Å²) in [7, 11) is 2.26. The zero-order chi connectivity index (χ0) is 7.73. The first-order chi connectivity index (χ1) is 5.33. The molecule has 2 nitrogen and oxygen atoms in total. The van der Waals surface area contributed by atoms with Gasteiger partial charge in [-0.15, -0.1) is 0 Å². The van der Waals surface area contributed by atoms with Crippen molar-refractivity contribution in [3.8, 4) is 0 Å². The van der Waals surface area contributed by atoms with Gasteiger partial charge in [0.1, 0.15) is 0 Å². The first-order valence-electron chi connectivity index (χ1n) is 4.63. The molecule has 2 aliphatic rings. The second-order valence-electron chi connectivity index (χ2n) is 3.86. The average molecular weight is 155 g/mol. The van der Waals surface area contributed by atoms with Crippen LogP contribution in [0.1, 0.15) is 25.7 Å². The first-order valence-corrected chi connectivity index (χ1v) is 4.63. The Morgan fingerprint density at radius 3 is 2.45 bits per heavy atom. The van der Waals surface area contributed by atoms with Gasteiger partial charge in [0, 0.05) is 18.8 Å². The van der Waals surface area contributed by atoms with E-state index in [1.807, 2.05) is 0 Å². The molecular formula is C9H17NO. The van der Waals surface area contributed by atoms with Gasteiger partial charge in [0.25, 0.3) is 0 Å². The van der Waals surface area contributed by atoms with Crippen LogP contribution in [-0.4, -0.2) is 37.2 Å².